The van der Waals surface area contributed by atoms with Gasteiger partial charge in [-0.25, -0.2) is 4.98 Å². The molecule has 3 rings (SSSR count). The van der Waals surface area contributed by atoms with Gasteiger partial charge < -0.3 is 5.11 Å². The molecule has 0 spiro atoms. The molecule has 0 amide bonds. The number of nitrogens with zero attached hydrogens (tertiary/aromatic N) is 3. The largest absolute Gasteiger partial charge is 0.506 e. The summed E-state index contributed by atoms with van der Waals surface area (Å²) in [5.74, 6) is 0.850. The van der Waals surface area contributed by atoms with Crippen LogP contribution < -0.4 is 0 Å². The third-order valence-electron chi connectivity index (χ3n) is 3.73. The molecule has 0 saturated heterocycles. The van der Waals surface area contributed by atoms with Gasteiger partial charge in [0, 0.05) is 6.54 Å². The third-order valence-corrected chi connectivity index (χ3v) is 4.16. The molecule has 3 aromatic rings. The number of benzene rings is 2. The van der Waals surface area contributed by atoms with Crippen molar-refractivity contribution in [3.63, 3.8) is 0 Å². The Balaban J connectivity index is 1.92. The van der Waals surface area contributed by atoms with E-state index in [-0.39, 0.29) is 11.8 Å². The van der Waals surface area contributed by atoms with Crippen LogP contribution in [0.5, 0.6) is 5.75 Å². The van der Waals surface area contributed by atoms with E-state index in [2.05, 4.69) is 20.1 Å². The lowest BCUT2D eigenvalue weighted by Crippen LogP contribution is -2.26. The zero-order chi connectivity index (χ0) is 16.2. The van der Waals surface area contributed by atoms with Gasteiger partial charge in [0.05, 0.1) is 11.1 Å². The summed E-state index contributed by atoms with van der Waals surface area (Å²) in [6, 6.07) is 15.3. The van der Waals surface area contributed by atoms with E-state index in [9.17, 15) is 5.11 Å². The van der Waals surface area contributed by atoms with Crippen molar-refractivity contribution >= 4 is 11.6 Å². The number of aromatic nitrogens is 3. The normalized spacial score (nSPS) is 12.5. The molecular weight excluding hydrogens is 312 g/mol. The van der Waals surface area contributed by atoms with Crippen LogP contribution in [0.2, 0.25) is 5.02 Å². The van der Waals surface area contributed by atoms with E-state index < -0.39 is 0 Å². The van der Waals surface area contributed by atoms with Crippen LogP contribution in [0, 0.1) is 0 Å². The molecular formula is C17H17ClN4O. The molecule has 23 heavy (non-hydrogen) atoms. The number of phenols is 1. The van der Waals surface area contributed by atoms with Crippen molar-refractivity contribution in [3.05, 3.63) is 76.8 Å². The number of hydrogen-bond acceptors (Lipinski definition) is 4. The van der Waals surface area contributed by atoms with Gasteiger partial charge in [0.2, 0.25) is 0 Å². The highest BCUT2D eigenvalue weighted by atomic mass is 35.5. The lowest BCUT2D eigenvalue weighted by molar-refractivity contribution is 0.261. The Morgan fingerprint density at radius 3 is 2.65 bits per heavy atom. The Hall–Kier alpha value is -2.37. The summed E-state index contributed by atoms with van der Waals surface area (Å²) in [4.78, 5) is 6.41. The Morgan fingerprint density at radius 2 is 1.96 bits per heavy atom. The molecule has 1 unspecified atom stereocenters. The van der Waals surface area contributed by atoms with Crippen molar-refractivity contribution in [2.75, 3.05) is 7.05 Å². The van der Waals surface area contributed by atoms with Gasteiger partial charge in [0.1, 0.15) is 17.9 Å². The first-order valence-electron chi connectivity index (χ1n) is 7.23. The molecule has 1 heterocycles. The van der Waals surface area contributed by atoms with Crippen molar-refractivity contribution in [3.8, 4) is 5.75 Å². The Kier molecular flexibility index (Phi) is 4.60. The van der Waals surface area contributed by atoms with Crippen LogP contribution in [0.3, 0.4) is 0 Å². The smallest absolute Gasteiger partial charge is 0.146 e. The molecule has 1 atom stereocenters. The fraction of sp³-hybridized carbons (Fsp3) is 0.176. The highest BCUT2D eigenvalue weighted by Crippen LogP contribution is 2.31. The van der Waals surface area contributed by atoms with Crippen LogP contribution >= 0.6 is 11.6 Å². The van der Waals surface area contributed by atoms with Crippen molar-refractivity contribution in [2.45, 2.75) is 12.6 Å². The highest BCUT2D eigenvalue weighted by molar-refractivity contribution is 6.32. The summed E-state index contributed by atoms with van der Waals surface area (Å²) >= 11 is 6.20. The van der Waals surface area contributed by atoms with Crippen molar-refractivity contribution in [1.29, 1.82) is 0 Å². The van der Waals surface area contributed by atoms with Crippen LogP contribution in [0.4, 0.5) is 0 Å². The van der Waals surface area contributed by atoms with Crippen LogP contribution in [0.1, 0.15) is 23.0 Å². The zero-order valence-electron chi connectivity index (χ0n) is 12.6. The third kappa shape index (κ3) is 3.36. The predicted octanol–water partition coefficient (Wildman–Crippen LogP) is 3.39. The standard InChI is InChI=1S/C17H17ClN4O/c1-22(10-13-8-5-9-14(23)15(13)18)16(17-19-11-20-21-17)12-6-3-2-4-7-12/h2-9,11,16,23H,10H2,1H3,(H,19,20,21). The van der Waals surface area contributed by atoms with Gasteiger partial charge in [-0.1, -0.05) is 54.1 Å². The van der Waals surface area contributed by atoms with E-state index in [0.29, 0.717) is 11.6 Å². The number of hydrogen-bond donors (Lipinski definition) is 2. The summed E-state index contributed by atoms with van der Waals surface area (Å²) < 4.78 is 0. The Bertz CT molecular complexity index is 762. The van der Waals surface area contributed by atoms with Gasteiger partial charge in [-0.2, -0.15) is 5.10 Å². The van der Waals surface area contributed by atoms with Crippen LogP contribution in [-0.2, 0) is 6.54 Å². The maximum Gasteiger partial charge on any atom is 0.146 e. The number of phenolic OH excluding ortho intramolecular Hbond substituents is 1. The number of aromatic amines is 1. The van der Waals surface area contributed by atoms with Gasteiger partial charge >= 0.3 is 0 Å². The fourth-order valence-corrected chi connectivity index (χ4v) is 2.84. The minimum Gasteiger partial charge on any atom is -0.506 e. The van der Waals surface area contributed by atoms with Crippen LogP contribution in [-0.4, -0.2) is 32.2 Å². The Labute approximate surface area is 139 Å². The lowest BCUT2D eigenvalue weighted by atomic mass is 10.0. The quantitative estimate of drug-likeness (QED) is 0.753. The fourth-order valence-electron chi connectivity index (χ4n) is 2.65. The Morgan fingerprint density at radius 1 is 1.17 bits per heavy atom. The summed E-state index contributed by atoms with van der Waals surface area (Å²) in [5.41, 5.74) is 1.96. The summed E-state index contributed by atoms with van der Waals surface area (Å²) in [7, 11) is 1.99. The van der Waals surface area contributed by atoms with Gasteiger partial charge in [0.15, 0.2) is 0 Å². The SMILES string of the molecule is CN(Cc1cccc(O)c1Cl)C(c1ccccc1)c1ncn[nH]1. The van der Waals surface area contributed by atoms with E-state index in [1.54, 1.807) is 12.1 Å². The number of aromatic hydroxyl groups is 1. The molecule has 118 valence electrons. The lowest BCUT2D eigenvalue weighted by Gasteiger charge is -2.27. The van der Waals surface area contributed by atoms with E-state index in [0.717, 1.165) is 17.0 Å². The van der Waals surface area contributed by atoms with E-state index in [1.165, 1.54) is 6.33 Å². The molecule has 0 aliphatic carbocycles. The first kappa shape index (κ1) is 15.5. The van der Waals surface area contributed by atoms with Crippen molar-refractivity contribution in [1.82, 2.24) is 20.1 Å². The topological polar surface area (TPSA) is 65.0 Å². The molecule has 2 N–H and O–H groups in total. The van der Waals surface area contributed by atoms with Gasteiger partial charge in [-0.15, -0.1) is 0 Å². The molecule has 5 nitrogen and oxygen atoms in total. The number of H-pyrrole nitrogens is 1. The molecule has 0 radical (unpaired) electrons. The maximum absolute atomic E-state index is 9.77. The van der Waals surface area contributed by atoms with Gasteiger partial charge in [-0.3, -0.25) is 10.00 Å². The van der Waals surface area contributed by atoms with E-state index in [4.69, 9.17) is 11.6 Å². The monoisotopic (exact) mass is 328 g/mol. The molecule has 0 saturated carbocycles. The van der Waals surface area contributed by atoms with E-state index >= 15 is 0 Å². The number of nitrogens with one attached hydrogen (secondary N) is 1. The molecule has 0 fully saturated rings. The van der Waals surface area contributed by atoms with Crippen LogP contribution in [0.25, 0.3) is 0 Å². The molecule has 0 bridgehead atoms. The second-order valence-electron chi connectivity index (χ2n) is 5.35. The molecule has 1 aromatic heterocycles. The summed E-state index contributed by atoms with van der Waals surface area (Å²) in [6.45, 7) is 0.563. The summed E-state index contributed by atoms with van der Waals surface area (Å²) in [5, 5.41) is 17.1. The first-order chi connectivity index (χ1) is 11.2. The number of rotatable bonds is 5. The molecule has 6 heteroatoms. The van der Waals surface area contributed by atoms with E-state index in [1.807, 2.05) is 43.4 Å². The predicted molar refractivity (Wildman–Crippen MR) is 89.3 cm³/mol. The minimum absolute atomic E-state index is 0.0860. The van der Waals surface area contributed by atoms with Crippen molar-refractivity contribution < 1.29 is 5.11 Å². The maximum atomic E-state index is 9.77. The van der Waals surface area contributed by atoms with Crippen LogP contribution in [0.15, 0.2) is 54.9 Å². The first-order valence-corrected chi connectivity index (χ1v) is 7.61. The average molecular weight is 329 g/mol. The molecule has 0 aliphatic rings. The second kappa shape index (κ2) is 6.81. The summed E-state index contributed by atoms with van der Waals surface area (Å²) in [6.07, 6.45) is 1.50. The minimum atomic E-state index is -0.0860. The zero-order valence-corrected chi connectivity index (χ0v) is 13.4. The number of halogens is 1. The average Bonchev–Trinajstić information content (AvgIpc) is 3.07. The second-order valence-corrected chi connectivity index (χ2v) is 5.73. The van der Waals surface area contributed by atoms with Gasteiger partial charge in [0.25, 0.3) is 0 Å². The van der Waals surface area contributed by atoms with Crippen molar-refractivity contribution in [2.24, 2.45) is 0 Å². The molecule has 2 aromatic carbocycles. The van der Waals surface area contributed by atoms with Gasteiger partial charge in [-0.05, 0) is 24.2 Å². The highest BCUT2D eigenvalue weighted by Gasteiger charge is 2.22. The molecule has 0 aliphatic heterocycles.